The third-order valence-corrected chi connectivity index (χ3v) is 3.29. The van der Waals surface area contributed by atoms with Crippen molar-refractivity contribution in [3.05, 3.63) is 18.2 Å². The second-order valence-electron chi connectivity index (χ2n) is 4.44. The van der Waals surface area contributed by atoms with E-state index < -0.39 is 5.41 Å². The van der Waals surface area contributed by atoms with E-state index in [0.29, 0.717) is 19.4 Å². The molecule has 2 rings (SSSR count). The highest BCUT2D eigenvalue weighted by atomic mass is 16.2. The SMILES string of the molecule is N#CC1(C(=O)NCCCc2ncc[nH]2)CCC1. The first-order valence-corrected chi connectivity index (χ1v) is 5.95. The van der Waals surface area contributed by atoms with Crippen LogP contribution in [-0.2, 0) is 11.2 Å². The third kappa shape index (κ3) is 2.47. The van der Waals surface area contributed by atoms with E-state index in [1.165, 1.54) is 0 Å². The van der Waals surface area contributed by atoms with Gasteiger partial charge >= 0.3 is 0 Å². The molecule has 1 fully saturated rings. The van der Waals surface area contributed by atoms with Crippen LogP contribution in [0.4, 0.5) is 0 Å². The zero-order valence-corrected chi connectivity index (χ0v) is 9.70. The van der Waals surface area contributed by atoms with Gasteiger partial charge in [0, 0.05) is 25.4 Å². The molecule has 90 valence electrons. The van der Waals surface area contributed by atoms with Crippen LogP contribution in [-0.4, -0.2) is 22.4 Å². The van der Waals surface area contributed by atoms with Crippen LogP contribution in [0.2, 0.25) is 0 Å². The van der Waals surface area contributed by atoms with Gasteiger partial charge in [0.05, 0.1) is 6.07 Å². The average Bonchev–Trinajstić information content (AvgIpc) is 2.76. The molecular weight excluding hydrogens is 216 g/mol. The Kier molecular flexibility index (Phi) is 3.43. The Bertz CT molecular complexity index is 414. The van der Waals surface area contributed by atoms with Crippen LogP contribution in [0.1, 0.15) is 31.5 Å². The summed E-state index contributed by atoms with van der Waals surface area (Å²) in [4.78, 5) is 18.9. The van der Waals surface area contributed by atoms with E-state index in [1.807, 2.05) is 0 Å². The largest absolute Gasteiger partial charge is 0.355 e. The number of aryl methyl sites for hydroxylation is 1. The highest BCUT2D eigenvalue weighted by Crippen LogP contribution is 2.40. The molecule has 0 aliphatic heterocycles. The number of amides is 1. The Hall–Kier alpha value is -1.83. The average molecular weight is 232 g/mol. The van der Waals surface area contributed by atoms with E-state index in [4.69, 9.17) is 5.26 Å². The number of carbonyl (C=O) groups is 1. The van der Waals surface area contributed by atoms with Crippen molar-refractivity contribution in [1.29, 1.82) is 5.26 Å². The van der Waals surface area contributed by atoms with Crippen molar-refractivity contribution in [1.82, 2.24) is 15.3 Å². The molecule has 1 amide bonds. The van der Waals surface area contributed by atoms with Gasteiger partial charge in [0.2, 0.25) is 5.91 Å². The van der Waals surface area contributed by atoms with E-state index in [2.05, 4.69) is 21.4 Å². The highest BCUT2D eigenvalue weighted by molar-refractivity contribution is 5.86. The topological polar surface area (TPSA) is 81.6 Å². The second-order valence-corrected chi connectivity index (χ2v) is 4.44. The Morgan fingerprint density at radius 1 is 1.65 bits per heavy atom. The molecule has 1 aliphatic carbocycles. The fraction of sp³-hybridized carbons (Fsp3) is 0.583. The lowest BCUT2D eigenvalue weighted by molar-refractivity contribution is -0.131. The number of nitrogens with zero attached hydrogens (tertiary/aromatic N) is 2. The van der Waals surface area contributed by atoms with Crippen molar-refractivity contribution in [2.45, 2.75) is 32.1 Å². The number of H-pyrrole nitrogens is 1. The summed E-state index contributed by atoms with van der Waals surface area (Å²) in [6.07, 6.45) is 7.53. The molecule has 17 heavy (non-hydrogen) atoms. The monoisotopic (exact) mass is 232 g/mol. The van der Waals surface area contributed by atoms with Gasteiger partial charge in [0.25, 0.3) is 0 Å². The molecule has 1 aromatic heterocycles. The summed E-state index contributed by atoms with van der Waals surface area (Å²) >= 11 is 0. The molecule has 0 bridgehead atoms. The van der Waals surface area contributed by atoms with Gasteiger partial charge < -0.3 is 10.3 Å². The van der Waals surface area contributed by atoms with E-state index in [1.54, 1.807) is 12.4 Å². The molecule has 1 heterocycles. The van der Waals surface area contributed by atoms with Crippen LogP contribution in [0, 0.1) is 16.7 Å². The summed E-state index contributed by atoms with van der Waals surface area (Å²) in [7, 11) is 0. The molecule has 1 saturated carbocycles. The number of hydrogen-bond acceptors (Lipinski definition) is 3. The van der Waals surface area contributed by atoms with Crippen molar-refractivity contribution in [2.75, 3.05) is 6.54 Å². The maximum absolute atomic E-state index is 11.8. The van der Waals surface area contributed by atoms with Crippen LogP contribution < -0.4 is 5.32 Å². The minimum absolute atomic E-state index is 0.106. The van der Waals surface area contributed by atoms with Gasteiger partial charge in [0.1, 0.15) is 11.2 Å². The smallest absolute Gasteiger partial charge is 0.240 e. The number of aromatic amines is 1. The maximum Gasteiger partial charge on any atom is 0.240 e. The molecule has 0 aromatic carbocycles. The van der Waals surface area contributed by atoms with Gasteiger partial charge in [-0.2, -0.15) is 5.26 Å². The number of imidazole rings is 1. The summed E-state index contributed by atoms with van der Waals surface area (Å²) in [5.74, 6) is 0.823. The molecule has 5 heteroatoms. The lowest BCUT2D eigenvalue weighted by Gasteiger charge is -2.33. The number of carbonyl (C=O) groups excluding carboxylic acids is 1. The van der Waals surface area contributed by atoms with Crippen LogP contribution in [0.15, 0.2) is 12.4 Å². The minimum Gasteiger partial charge on any atom is -0.355 e. The predicted octanol–water partition coefficient (Wildman–Crippen LogP) is 1.15. The first kappa shape index (κ1) is 11.6. The molecule has 0 radical (unpaired) electrons. The summed E-state index contributed by atoms with van der Waals surface area (Å²) in [5.41, 5.74) is -0.731. The molecule has 1 aromatic rings. The summed E-state index contributed by atoms with van der Waals surface area (Å²) in [6, 6.07) is 2.14. The number of nitriles is 1. The fourth-order valence-corrected chi connectivity index (χ4v) is 1.98. The van der Waals surface area contributed by atoms with Crippen molar-refractivity contribution in [3.8, 4) is 6.07 Å². The first-order valence-electron chi connectivity index (χ1n) is 5.95. The number of hydrogen-bond donors (Lipinski definition) is 2. The molecule has 1 aliphatic rings. The van der Waals surface area contributed by atoms with Gasteiger partial charge in [-0.3, -0.25) is 4.79 Å². The van der Waals surface area contributed by atoms with Gasteiger partial charge in [-0.15, -0.1) is 0 Å². The zero-order valence-electron chi connectivity index (χ0n) is 9.70. The van der Waals surface area contributed by atoms with E-state index in [-0.39, 0.29) is 5.91 Å². The van der Waals surface area contributed by atoms with Gasteiger partial charge in [-0.1, -0.05) is 0 Å². The van der Waals surface area contributed by atoms with Crippen LogP contribution in [0.3, 0.4) is 0 Å². The van der Waals surface area contributed by atoms with Crippen LogP contribution in [0.25, 0.3) is 0 Å². The lowest BCUT2D eigenvalue weighted by atomic mass is 9.69. The molecular formula is C12H16N4O. The summed E-state index contributed by atoms with van der Waals surface area (Å²) < 4.78 is 0. The predicted molar refractivity (Wildman–Crippen MR) is 61.8 cm³/mol. The molecule has 0 spiro atoms. The molecule has 0 atom stereocenters. The normalized spacial score (nSPS) is 16.9. The third-order valence-electron chi connectivity index (χ3n) is 3.29. The number of aromatic nitrogens is 2. The Balaban J connectivity index is 1.69. The molecule has 0 saturated heterocycles. The minimum atomic E-state index is -0.731. The van der Waals surface area contributed by atoms with Crippen molar-refractivity contribution in [2.24, 2.45) is 5.41 Å². The first-order chi connectivity index (χ1) is 8.27. The van der Waals surface area contributed by atoms with Crippen molar-refractivity contribution < 1.29 is 4.79 Å². The van der Waals surface area contributed by atoms with Gasteiger partial charge in [-0.25, -0.2) is 4.98 Å². The van der Waals surface area contributed by atoms with Crippen LogP contribution >= 0.6 is 0 Å². The molecule has 2 N–H and O–H groups in total. The number of rotatable bonds is 5. The van der Waals surface area contributed by atoms with E-state index >= 15 is 0 Å². The summed E-state index contributed by atoms with van der Waals surface area (Å²) in [6.45, 7) is 0.600. The zero-order chi connectivity index (χ0) is 12.1. The Morgan fingerprint density at radius 2 is 2.47 bits per heavy atom. The Labute approximate surface area is 100 Å². The Morgan fingerprint density at radius 3 is 3.00 bits per heavy atom. The standard InChI is InChI=1S/C12H16N4O/c13-9-12(4-2-5-12)11(17)16-6-1-3-10-14-7-8-15-10/h7-8H,1-6H2,(H,14,15)(H,16,17). The van der Waals surface area contributed by atoms with Gasteiger partial charge in [-0.05, 0) is 25.7 Å². The molecule has 5 nitrogen and oxygen atoms in total. The van der Waals surface area contributed by atoms with E-state index in [0.717, 1.165) is 25.1 Å². The van der Waals surface area contributed by atoms with Crippen LogP contribution in [0.5, 0.6) is 0 Å². The highest BCUT2D eigenvalue weighted by Gasteiger charge is 2.44. The molecule has 0 unspecified atom stereocenters. The lowest BCUT2D eigenvalue weighted by Crippen LogP contribution is -2.45. The van der Waals surface area contributed by atoms with Gasteiger partial charge in [0.15, 0.2) is 0 Å². The van der Waals surface area contributed by atoms with Crippen molar-refractivity contribution >= 4 is 5.91 Å². The number of nitrogens with one attached hydrogen (secondary N) is 2. The maximum atomic E-state index is 11.8. The second kappa shape index (κ2) is 5.00. The van der Waals surface area contributed by atoms with Crippen molar-refractivity contribution in [3.63, 3.8) is 0 Å². The quantitative estimate of drug-likeness (QED) is 0.747. The fourth-order valence-electron chi connectivity index (χ4n) is 1.98. The van der Waals surface area contributed by atoms with E-state index in [9.17, 15) is 4.79 Å². The summed E-state index contributed by atoms with van der Waals surface area (Å²) in [5, 5.41) is 11.8.